The van der Waals surface area contributed by atoms with Crippen molar-refractivity contribution in [1.82, 2.24) is 5.32 Å². The van der Waals surface area contributed by atoms with Crippen LogP contribution >= 0.6 is 12.4 Å². The summed E-state index contributed by atoms with van der Waals surface area (Å²) >= 11 is 0. The maximum Gasteiger partial charge on any atom is 0.251 e. The molecule has 17 heavy (non-hydrogen) atoms. The first-order valence-electron chi connectivity index (χ1n) is 5.45. The molecule has 0 bridgehead atoms. The van der Waals surface area contributed by atoms with Gasteiger partial charge in [-0.2, -0.15) is 0 Å². The molecule has 0 saturated heterocycles. The molecular weight excluding hydrogens is 236 g/mol. The summed E-state index contributed by atoms with van der Waals surface area (Å²) in [6, 6.07) is 5.81. The van der Waals surface area contributed by atoms with E-state index in [2.05, 4.69) is 5.32 Å². The quantitative estimate of drug-likeness (QED) is 0.871. The molecule has 0 fully saturated rings. The van der Waals surface area contributed by atoms with E-state index in [9.17, 15) is 4.79 Å². The molecule has 1 aromatic carbocycles. The van der Waals surface area contributed by atoms with Crippen LogP contribution in [0.15, 0.2) is 18.2 Å². The average Bonchev–Trinajstić information content (AvgIpc) is 2.15. The minimum Gasteiger partial charge on any atom is -0.346 e. The van der Waals surface area contributed by atoms with E-state index in [0.717, 1.165) is 11.1 Å². The Balaban J connectivity index is 0.00000256. The fourth-order valence-electron chi connectivity index (χ4n) is 1.54. The largest absolute Gasteiger partial charge is 0.346 e. The molecule has 96 valence electrons. The lowest BCUT2D eigenvalue weighted by atomic mass is 10.0. The van der Waals surface area contributed by atoms with Crippen molar-refractivity contribution >= 4 is 18.3 Å². The van der Waals surface area contributed by atoms with Crippen molar-refractivity contribution in [3.8, 4) is 0 Å². The smallest absolute Gasteiger partial charge is 0.251 e. The normalized spacial score (nSPS) is 10.6. The first kappa shape index (κ1) is 15.9. The molecule has 3 N–H and O–H groups in total. The van der Waals surface area contributed by atoms with Crippen LogP contribution in [0.3, 0.4) is 0 Å². The molecule has 0 saturated carbocycles. The van der Waals surface area contributed by atoms with Gasteiger partial charge in [-0.05, 0) is 39.8 Å². The number of carbonyl (C=O) groups is 1. The van der Waals surface area contributed by atoms with E-state index in [1.807, 2.05) is 45.9 Å². The number of carbonyl (C=O) groups excluding carboxylic acids is 1. The molecule has 0 heterocycles. The topological polar surface area (TPSA) is 55.1 Å². The number of amides is 1. The van der Waals surface area contributed by atoms with Gasteiger partial charge < -0.3 is 11.1 Å². The monoisotopic (exact) mass is 256 g/mol. The Kier molecular flexibility index (Phi) is 5.66. The van der Waals surface area contributed by atoms with Crippen molar-refractivity contribution in [2.75, 3.05) is 6.54 Å². The lowest BCUT2D eigenvalue weighted by Gasteiger charge is -2.24. The van der Waals surface area contributed by atoms with Gasteiger partial charge in [-0.3, -0.25) is 4.79 Å². The number of hydrogen-bond donors (Lipinski definition) is 2. The van der Waals surface area contributed by atoms with Gasteiger partial charge >= 0.3 is 0 Å². The lowest BCUT2D eigenvalue weighted by molar-refractivity contribution is 0.0915. The zero-order valence-corrected chi connectivity index (χ0v) is 11.6. The van der Waals surface area contributed by atoms with E-state index >= 15 is 0 Å². The first-order chi connectivity index (χ1) is 7.34. The first-order valence-corrected chi connectivity index (χ1v) is 5.45. The highest BCUT2D eigenvalue weighted by atomic mass is 35.5. The fourth-order valence-corrected chi connectivity index (χ4v) is 1.54. The van der Waals surface area contributed by atoms with Crippen molar-refractivity contribution in [3.05, 3.63) is 34.9 Å². The van der Waals surface area contributed by atoms with Crippen LogP contribution in [0.25, 0.3) is 0 Å². The van der Waals surface area contributed by atoms with Crippen LogP contribution in [0.4, 0.5) is 0 Å². The fraction of sp³-hybridized carbons (Fsp3) is 0.462. The van der Waals surface area contributed by atoms with Crippen LogP contribution < -0.4 is 11.1 Å². The van der Waals surface area contributed by atoms with Gasteiger partial charge in [0.25, 0.3) is 5.91 Å². The summed E-state index contributed by atoms with van der Waals surface area (Å²) in [6.45, 7) is 8.21. The van der Waals surface area contributed by atoms with Crippen molar-refractivity contribution < 1.29 is 4.79 Å². The van der Waals surface area contributed by atoms with Crippen LogP contribution in [0.5, 0.6) is 0 Å². The Morgan fingerprint density at radius 2 is 1.71 bits per heavy atom. The maximum atomic E-state index is 12.0. The van der Waals surface area contributed by atoms with E-state index in [1.165, 1.54) is 0 Å². The standard InChI is InChI=1S/C13H20N2O.ClH/c1-9-5-10(2)7-11(6-9)12(16)15-13(3,4)8-14;/h5-7H,8,14H2,1-4H3,(H,15,16);1H. The molecule has 0 atom stereocenters. The lowest BCUT2D eigenvalue weighted by Crippen LogP contribution is -2.48. The van der Waals surface area contributed by atoms with Gasteiger partial charge in [0.05, 0.1) is 0 Å². The van der Waals surface area contributed by atoms with E-state index in [0.29, 0.717) is 12.1 Å². The van der Waals surface area contributed by atoms with E-state index in [4.69, 9.17) is 5.73 Å². The number of rotatable bonds is 3. The summed E-state index contributed by atoms with van der Waals surface area (Å²) < 4.78 is 0. The minimum absolute atomic E-state index is 0. The highest BCUT2D eigenvalue weighted by molar-refractivity contribution is 5.95. The molecule has 1 amide bonds. The second-order valence-corrected chi connectivity index (χ2v) is 4.92. The van der Waals surface area contributed by atoms with Gasteiger partial charge in [0.15, 0.2) is 0 Å². The summed E-state index contributed by atoms with van der Waals surface area (Å²) in [4.78, 5) is 12.0. The minimum atomic E-state index is -0.366. The summed E-state index contributed by atoms with van der Waals surface area (Å²) in [5.41, 5.74) is 8.09. The van der Waals surface area contributed by atoms with Crippen LogP contribution in [0, 0.1) is 13.8 Å². The van der Waals surface area contributed by atoms with Crippen molar-refractivity contribution in [1.29, 1.82) is 0 Å². The van der Waals surface area contributed by atoms with Crippen LogP contribution in [0.2, 0.25) is 0 Å². The number of halogens is 1. The highest BCUT2D eigenvalue weighted by Gasteiger charge is 2.19. The van der Waals surface area contributed by atoms with Gasteiger partial charge in [-0.1, -0.05) is 17.2 Å². The molecular formula is C13H21ClN2O. The molecule has 4 heteroatoms. The molecule has 0 aliphatic carbocycles. The average molecular weight is 257 g/mol. The van der Waals surface area contributed by atoms with E-state index < -0.39 is 0 Å². The second-order valence-electron chi connectivity index (χ2n) is 4.92. The van der Waals surface area contributed by atoms with Gasteiger partial charge in [-0.15, -0.1) is 12.4 Å². The van der Waals surface area contributed by atoms with E-state index in [1.54, 1.807) is 0 Å². The zero-order valence-electron chi connectivity index (χ0n) is 10.8. The van der Waals surface area contributed by atoms with Crippen molar-refractivity contribution in [2.45, 2.75) is 33.2 Å². The van der Waals surface area contributed by atoms with Crippen molar-refractivity contribution in [2.24, 2.45) is 5.73 Å². The number of aryl methyl sites for hydroxylation is 2. The molecule has 3 nitrogen and oxygen atoms in total. The van der Waals surface area contributed by atoms with Crippen LogP contribution in [-0.4, -0.2) is 18.0 Å². The third kappa shape index (κ3) is 4.75. The SMILES string of the molecule is Cc1cc(C)cc(C(=O)NC(C)(C)CN)c1.Cl. The molecule has 0 aliphatic rings. The maximum absolute atomic E-state index is 12.0. The number of benzene rings is 1. The van der Waals surface area contributed by atoms with Gasteiger partial charge in [0.1, 0.15) is 0 Å². The molecule has 1 rings (SSSR count). The summed E-state index contributed by atoms with van der Waals surface area (Å²) in [5, 5.41) is 2.91. The molecule has 0 aromatic heterocycles. The highest BCUT2D eigenvalue weighted by Crippen LogP contribution is 2.10. The van der Waals surface area contributed by atoms with Gasteiger partial charge in [0.2, 0.25) is 0 Å². The number of nitrogens with one attached hydrogen (secondary N) is 1. The number of nitrogens with two attached hydrogens (primary N) is 1. The Labute approximate surface area is 109 Å². The molecule has 0 aliphatic heterocycles. The molecule has 0 spiro atoms. The van der Waals surface area contributed by atoms with E-state index in [-0.39, 0.29) is 23.9 Å². The van der Waals surface area contributed by atoms with Crippen LogP contribution in [-0.2, 0) is 0 Å². The van der Waals surface area contributed by atoms with Crippen LogP contribution in [0.1, 0.15) is 35.3 Å². The number of hydrogen-bond acceptors (Lipinski definition) is 2. The van der Waals surface area contributed by atoms with Crippen molar-refractivity contribution in [3.63, 3.8) is 0 Å². The Bertz CT molecular complexity index is 382. The van der Waals surface area contributed by atoms with Gasteiger partial charge in [0, 0.05) is 17.6 Å². The predicted molar refractivity (Wildman–Crippen MR) is 73.8 cm³/mol. The molecule has 0 radical (unpaired) electrons. The third-order valence-corrected chi connectivity index (χ3v) is 2.45. The predicted octanol–water partition coefficient (Wildman–Crippen LogP) is 2.19. The summed E-state index contributed by atoms with van der Waals surface area (Å²) in [5.74, 6) is -0.0674. The summed E-state index contributed by atoms with van der Waals surface area (Å²) in [7, 11) is 0. The Hall–Kier alpha value is -1.06. The molecule has 0 unspecified atom stereocenters. The zero-order chi connectivity index (χ0) is 12.3. The third-order valence-electron chi connectivity index (χ3n) is 2.45. The second kappa shape index (κ2) is 6.03. The Morgan fingerprint density at radius 3 is 2.12 bits per heavy atom. The summed E-state index contributed by atoms with van der Waals surface area (Å²) in [6.07, 6.45) is 0. The Morgan fingerprint density at radius 1 is 1.24 bits per heavy atom. The van der Waals surface area contributed by atoms with Gasteiger partial charge in [-0.25, -0.2) is 0 Å². The molecule has 1 aromatic rings.